The number of halogens is 2. The van der Waals surface area contributed by atoms with Crippen molar-refractivity contribution >= 4 is 23.4 Å². The number of amides is 2. The number of hydrogen-bond acceptors (Lipinski definition) is 6. The van der Waals surface area contributed by atoms with E-state index in [0.717, 1.165) is 0 Å². The van der Waals surface area contributed by atoms with E-state index in [9.17, 15) is 14.0 Å². The second kappa shape index (κ2) is 10.5. The Morgan fingerprint density at radius 3 is 2.57 bits per heavy atom. The Balaban J connectivity index is 1.58. The van der Waals surface area contributed by atoms with E-state index in [1.165, 1.54) is 37.6 Å². The minimum atomic E-state index is -0.795. The number of pyridine rings is 1. The van der Waals surface area contributed by atoms with Crippen LogP contribution in [0, 0.1) is 17.7 Å². The van der Waals surface area contributed by atoms with Gasteiger partial charge in [-0.3, -0.25) is 25.0 Å². The van der Waals surface area contributed by atoms with Gasteiger partial charge in [0.25, 0.3) is 5.91 Å². The highest BCUT2D eigenvalue weighted by Crippen LogP contribution is 2.27. The van der Waals surface area contributed by atoms with E-state index >= 15 is 0 Å². The normalized spacial score (nSPS) is 10.1. The zero-order valence-corrected chi connectivity index (χ0v) is 18.9. The number of carbonyl (C=O) groups is 2. The summed E-state index contributed by atoms with van der Waals surface area (Å²) < 4.78 is 19.9. The van der Waals surface area contributed by atoms with E-state index in [2.05, 4.69) is 37.9 Å². The monoisotopic (exact) mass is 490 g/mol. The Hall–Kier alpha value is -4.75. The van der Waals surface area contributed by atoms with Gasteiger partial charge in [0.15, 0.2) is 5.82 Å². The quantitative estimate of drug-likeness (QED) is 0.336. The van der Waals surface area contributed by atoms with E-state index in [1.54, 1.807) is 41.0 Å². The third-order valence-electron chi connectivity index (χ3n) is 4.64. The zero-order chi connectivity index (χ0) is 24.8. The third kappa shape index (κ3) is 5.43. The van der Waals surface area contributed by atoms with Crippen LogP contribution in [0.15, 0.2) is 66.9 Å². The number of hydrogen-bond donors (Lipinski definition) is 2. The lowest BCUT2D eigenvalue weighted by Crippen LogP contribution is -2.41. The van der Waals surface area contributed by atoms with Crippen molar-refractivity contribution in [1.82, 2.24) is 30.6 Å². The molecule has 4 aromatic rings. The Bertz CT molecular complexity index is 1460. The molecule has 0 unspecified atom stereocenters. The summed E-state index contributed by atoms with van der Waals surface area (Å²) in [5.74, 6) is 3.92. The van der Waals surface area contributed by atoms with Crippen molar-refractivity contribution in [1.29, 1.82) is 0 Å². The molecular formula is C24H16ClFN6O3. The predicted molar refractivity (Wildman–Crippen MR) is 125 cm³/mol. The van der Waals surface area contributed by atoms with Crippen LogP contribution in [0.2, 0.25) is 5.02 Å². The number of rotatable bonds is 4. The maximum absolute atomic E-state index is 13.4. The van der Waals surface area contributed by atoms with Gasteiger partial charge < -0.3 is 4.74 Å². The molecule has 0 atom stereocenters. The lowest BCUT2D eigenvalue weighted by atomic mass is 10.2. The second-order valence-corrected chi connectivity index (χ2v) is 7.29. The topological polar surface area (TPSA) is 111 Å². The van der Waals surface area contributed by atoms with Gasteiger partial charge in [0.2, 0.25) is 11.7 Å². The van der Waals surface area contributed by atoms with Crippen LogP contribution in [0.3, 0.4) is 0 Å². The molecule has 0 radical (unpaired) electrons. The Morgan fingerprint density at radius 1 is 1.06 bits per heavy atom. The number of hydrazine groups is 1. The molecule has 0 aliphatic heterocycles. The molecular weight excluding hydrogens is 475 g/mol. The number of benzene rings is 2. The van der Waals surface area contributed by atoms with Crippen LogP contribution in [0.1, 0.15) is 16.2 Å². The molecule has 0 saturated heterocycles. The SMILES string of the molecule is COc1cc(C(=O)NNC(=O)C#Cc2nnc(-c3ccc(F)cc3)n2-c2ccccc2Cl)ccn1. The van der Waals surface area contributed by atoms with Gasteiger partial charge in [0.05, 0.1) is 17.8 Å². The van der Waals surface area contributed by atoms with Gasteiger partial charge in [0, 0.05) is 29.3 Å². The molecule has 9 nitrogen and oxygen atoms in total. The van der Waals surface area contributed by atoms with Gasteiger partial charge in [0.1, 0.15) is 5.82 Å². The fourth-order valence-corrected chi connectivity index (χ4v) is 3.22. The number of methoxy groups -OCH3 is 1. The minimum absolute atomic E-state index is 0.109. The van der Waals surface area contributed by atoms with Gasteiger partial charge >= 0.3 is 5.91 Å². The first-order chi connectivity index (χ1) is 17.0. The number of aromatic nitrogens is 4. The highest BCUT2D eigenvalue weighted by atomic mass is 35.5. The van der Waals surface area contributed by atoms with E-state index in [1.807, 2.05) is 0 Å². The summed E-state index contributed by atoms with van der Waals surface area (Å²) in [6, 6.07) is 15.5. The smallest absolute Gasteiger partial charge is 0.314 e. The highest BCUT2D eigenvalue weighted by Gasteiger charge is 2.17. The molecule has 2 aromatic heterocycles. The van der Waals surface area contributed by atoms with E-state index in [0.29, 0.717) is 22.1 Å². The van der Waals surface area contributed by atoms with Crippen LogP contribution in [0.4, 0.5) is 4.39 Å². The van der Waals surface area contributed by atoms with Crippen molar-refractivity contribution in [3.05, 3.63) is 89.1 Å². The molecule has 2 aromatic carbocycles. The van der Waals surface area contributed by atoms with Crippen LogP contribution in [0.25, 0.3) is 17.1 Å². The number of nitrogens with zero attached hydrogens (tertiary/aromatic N) is 4. The van der Waals surface area contributed by atoms with Gasteiger partial charge in [-0.05, 0) is 48.4 Å². The summed E-state index contributed by atoms with van der Waals surface area (Å²) in [4.78, 5) is 28.4. The van der Waals surface area contributed by atoms with Crippen molar-refractivity contribution in [3.8, 4) is 34.8 Å². The summed E-state index contributed by atoms with van der Waals surface area (Å²) in [5, 5.41) is 8.61. The molecule has 2 amide bonds. The molecule has 0 spiro atoms. The van der Waals surface area contributed by atoms with Gasteiger partial charge in [-0.2, -0.15) is 0 Å². The van der Waals surface area contributed by atoms with Crippen LogP contribution in [-0.4, -0.2) is 38.7 Å². The lowest BCUT2D eigenvalue weighted by molar-refractivity contribution is -0.116. The molecule has 0 saturated carbocycles. The summed E-state index contributed by atoms with van der Waals surface area (Å²) >= 11 is 6.37. The summed E-state index contributed by atoms with van der Waals surface area (Å²) in [5.41, 5.74) is 5.77. The van der Waals surface area contributed by atoms with Crippen molar-refractivity contribution in [2.45, 2.75) is 0 Å². The predicted octanol–water partition coefficient (Wildman–Crippen LogP) is 2.94. The summed E-state index contributed by atoms with van der Waals surface area (Å²) in [6.07, 6.45) is 1.40. The van der Waals surface area contributed by atoms with Crippen LogP contribution >= 0.6 is 11.6 Å². The first-order valence-electron chi connectivity index (χ1n) is 10.0. The van der Waals surface area contributed by atoms with E-state index in [-0.39, 0.29) is 17.3 Å². The van der Waals surface area contributed by atoms with Crippen LogP contribution < -0.4 is 15.6 Å². The summed E-state index contributed by atoms with van der Waals surface area (Å²) in [7, 11) is 1.42. The largest absolute Gasteiger partial charge is 0.481 e. The highest BCUT2D eigenvalue weighted by molar-refractivity contribution is 6.32. The third-order valence-corrected chi connectivity index (χ3v) is 4.96. The number of ether oxygens (including phenoxy) is 1. The molecule has 4 rings (SSSR count). The zero-order valence-electron chi connectivity index (χ0n) is 18.1. The number of nitrogens with one attached hydrogen (secondary N) is 2. The molecule has 0 fully saturated rings. The average molecular weight is 491 g/mol. The standard InChI is InChI=1S/C24H16ClFN6O3/c1-35-22-14-16(12-13-27-22)24(34)31-29-21(33)11-10-20-28-30-23(15-6-8-17(26)9-7-15)32(20)19-5-3-2-4-18(19)25/h2-9,12-14H,1H3,(H,29,33)(H,31,34). The Labute approximate surface area is 203 Å². The molecule has 174 valence electrons. The van der Waals surface area contributed by atoms with E-state index < -0.39 is 17.6 Å². The molecule has 0 bridgehead atoms. The van der Waals surface area contributed by atoms with E-state index in [4.69, 9.17) is 16.3 Å². The summed E-state index contributed by atoms with van der Waals surface area (Å²) in [6.45, 7) is 0. The first kappa shape index (κ1) is 23.4. The molecule has 35 heavy (non-hydrogen) atoms. The maximum Gasteiger partial charge on any atom is 0.314 e. The molecule has 2 heterocycles. The Morgan fingerprint density at radius 2 is 1.83 bits per heavy atom. The van der Waals surface area contributed by atoms with Crippen molar-refractivity contribution in [2.75, 3.05) is 7.11 Å². The number of para-hydroxylation sites is 1. The van der Waals surface area contributed by atoms with Crippen molar-refractivity contribution in [3.63, 3.8) is 0 Å². The molecule has 2 N–H and O–H groups in total. The van der Waals surface area contributed by atoms with Crippen LogP contribution in [0.5, 0.6) is 5.88 Å². The van der Waals surface area contributed by atoms with Gasteiger partial charge in [-0.15, -0.1) is 10.2 Å². The first-order valence-corrected chi connectivity index (χ1v) is 10.4. The van der Waals surface area contributed by atoms with Crippen molar-refractivity contribution in [2.24, 2.45) is 0 Å². The molecule has 0 aliphatic rings. The second-order valence-electron chi connectivity index (χ2n) is 6.89. The molecule has 11 heteroatoms. The van der Waals surface area contributed by atoms with Gasteiger partial charge in [-0.25, -0.2) is 9.37 Å². The fraction of sp³-hybridized carbons (Fsp3) is 0.0417. The Kier molecular flexibility index (Phi) is 6.99. The number of carbonyl (C=O) groups excluding carboxylic acids is 2. The lowest BCUT2D eigenvalue weighted by Gasteiger charge is -2.10. The van der Waals surface area contributed by atoms with Crippen LogP contribution in [-0.2, 0) is 4.79 Å². The maximum atomic E-state index is 13.4. The fourth-order valence-electron chi connectivity index (χ4n) is 3.00. The minimum Gasteiger partial charge on any atom is -0.481 e. The van der Waals surface area contributed by atoms with Crippen molar-refractivity contribution < 1.29 is 18.7 Å². The van der Waals surface area contributed by atoms with Gasteiger partial charge in [-0.1, -0.05) is 23.7 Å². The molecule has 0 aliphatic carbocycles. The average Bonchev–Trinajstić information content (AvgIpc) is 3.30.